The fourth-order valence-electron chi connectivity index (χ4n) is 7.19. The van der Waals surface area contributed by atoms with E-state index in [1.54, 1.807) is 0 Å². The zero-order valence-corrected chi connectivity index (χ0v) is 34.4. The van der Waals surface area contributed by atoms with Crippen LogP contribution in [0.15, 0.2) is 49.1 Å². The number of cyclic esters (lactones) is 1. The van der Waals surface area contributed by atoms with Gasteiger partial charge in [-0.15, -0.1) is 13.2 Å². The number of ether oxygens (including phenoxy) is 2. The SMILES string of the molecule is C=CCC(CC)(CC=C)C(=O)O[C@H]1C[C@H](O[Si](C)(C)C(C)(C)C)C=C2C=C[C@H](C)[C@H](CC[C@@H]3C[C@@H](O[Si](C)(C)C(C)(C)C)CC(=O)O3)[C@H]21. The van der Waals surface area contributed by atoms with E-state index in [0.717, 1.165) is 19.3 Å². The van der Waals surface area contributed by atoms with Crippen molar-refractivity contribution in [3.63, 3.8) is 0 Å². The molecule has 1 aliphatic heterocycles. The standard InChI is InChI=1S/C40H68O6Si2/c1-15-22-40(17-3,23-16-2)37(42)44-34-26-31(45-47(11,12)38(5,6)7)24-29-19-18-28(4)33(36(29)34)21-20-30-25-32(27-35(41)43-30)46-48(13,14)39(8,9)10/h15-16,18-19,24,28,30-34,36H,1-2,17,20-23,25-27H2,3-14H3/t28-,30+,31+,32+,33-,34-,36-/m0/s1. The van der Waals surface area contributed by atoms with Crippen LogP contribution in [0.3, 0.4) is 0 Å². The van der Waals surface area contributed by atoms with Gasteiger partial charge in [-0.25, -0.2) is 0 Å². The van der Waals surface area contributed by atoms with Crippen molar-refractivity contribution < 1.29 is 27.9 Å². The van der Waals surface area contributed by atoms with Gasteiger partial charge in [0.25, 0.3) is 0 Å². The van der Waals surface area contributed by atoms with Crippen LogP contribution in [0.25, 0.3) is 0 Å². The molecule has 0 radical (unpaired) electrons. The molecule has 0 spiro atoms. The molecule has 7 atom stereocenters. The van der Waals surface area contributed by atoms with Crippen LogP contribution in [-0.2, 0) is 27.9 Å². The van der Waals surface area contributed by atoms with Crippen molar-refractivity contribution in [1.82, 2.24) is 0 Å². The van der Waals surface area contributed by atoms with Crippen LogP contribution >= 0.6 is 0 Å². The number of esters is 2. The van der Waals surface area contributed by atoms with Crippen LogP contribution in [0.2, 0.25) is 36.3 Å². The molecule has 3 aliphatic rings. The molecule has 0 amide bonds. The highest BCUT2D eigenvalue weighted by atomic mass is 28.4. The van der Waals surface area contributed by atoms with Crippen LogP contribution in [0, 0.1) is 23.2 Å². The summed E-state index contributed by atoms with van der Waals surface area (Å²) in [6, 6.07) is 0. The molecule has 0 N–H and O–H groups in total. The van der Waals surface area contributed by atoms with E-state index in [1.807, 2.05) is 19.1 Å². The monoisotopic (exact) mass is 700 g/mol. The predicted octanol–water partition coefficient (Wildman–Crippen LogP) is 10.5. The van der Waals surface area contributed by atoms with Crippen LogP contribution < -0.4 is 0 Å². The molecule has 0 aromatic heterocycles. The maximum Gasteiger partial charge on any atom is 0.312 e. The van der Waals surface area contributed by atoms with Gasteiger partial charge in [0.05, 0.1) is 24.0 Å². The van der Waals surface area contributed by atoms with E-state index in [4.69, 9.17) is 18.3 Å². The molecule has 2 aliphatic carbocycles. The zero-order chi connectivity index (χ0) is 36.3. The zero-order valence-electron chi connectivity index (χ0n) is 32.4. The number of allylic oxidation sites excluding steroid dienone is 4. The van der Waals surface area contributed by atoms with Crippen molar-refractivity contribution in [3.8, 4) is 0 Å². The third-order valence-electron chi connectivity index (χ3n) is 12.4. The maximum absolute atomic E-state index is 14.2. The van der Waals surface area contributed by atoms with E-state index in [-0.39, 0.29) is 64.2 Å². The van der Waals surface area contributed by atoms with E-state index >= 15 is 0 Å². The quantitative estimate of drug-likeness (QED) is 0.102. The summed E-state index contributed by atoms with van der Waals surface area (Å²) in [5, 5.41) is 0.131. The number of carbonyl (C=O) groups is 2. The second-order valence-corrected chi connectivity index (χ2v) is 27.4. The van der Waals surface area contributed by atoms with E-state index in [2.05, 4.69) is 106 Å². The molecule has 1 heterocycles. The molecule has 6 nitrogen and oxygen atoms in total. The summed E-state index contributed by atoms with van der Waals surface area (Å²) in [7, 11) is -4.12. The summed E-state index contributed by atoms with van der Waals surface area (Å²) < 4.78 is 26.2. The van der Waals surface area contributed by atoms with Crippen LogP contribution in [0.5, 0.6) is 0 Å². The summed E-state index contributed by atoms with van der Waals surface area (Å²) in [5.41, 5.74) is 0.516. The van der Waals surface area contributed by atoms with Crippen molar-refractivity contribution >= 4 is 28.6 Å². The number of carbonyl (C=O) groups excluding carboxylic acids is 2. The molecule has 0 saturated carbocycles. The lowest BCUT2D eigenvalue weighted by Gasteiger charge is -2.47. The van der Waals surface area contributed by atoms with Crippen molar-refractivity contribution in [2.45, 2.75) is 167 Å². The largest absolute Gasteiger partial charge is 0.462 e. The van der Waals surface area contributed by atoms with Crippen molar-refractivity contribution in [3.05, 3.63) is 49.1 Å². The lowest BCUT2D eigenvalue weighted by atomic mass is 9.66. The van der Waals surface area contributed by atoms with Crippen molar-refractivity contribution in [2.24, 2.45) is 23.2 Å². The minimum atomic E-state index is -2.09. The normalized spacial score (nSPS) is 28.6. The fourth-order valence-corrected chi connectivity index (χ4v) is 9.83. The van der Waals surface area contributed by atoms with Crippen molar-refractivity contribution in [1.29, 1.82) is 0 Å². The Bertz CT molecular complexity index is 1210. The first-order valence-corrected chi connectivity index (χ1v) is 24.3. The maximum atomic E-state index is 14.2. The van der Waals surface area contributed by atoms with Gasteiger partial charge < -0.3 is 18.3 Å². The Labute approximate surface area is 295 Å². The lowest BCUT2D eigenvalue weighted by Crippen LogP contribution is -2.49. The van der Waals surface area contributed by atoms with Crippen LogP contribution in [0.1, 0.15) is 107 Å². The van der Waals surface area contributed by atoms with Gasteiger partial charge >= 0.3 is 11.9 Å². The smallest absolute Gasteiger partial charge is 0.312 e. The van der Waals surface area contributed by atoms with Gasteiger partial charge in [0.15, 0.2) is 16.6 Å². The number of rotatable bonds is 14. The number of hydrogen-bond acceptors (Lipinski definition) is 6. The number of hydrogen-bond donors (Lipinski definition) is 0. The van der Waals surface area contributed by atoms with Gasteiger partial charge in [-0.1, -0.05) is 85.8 Å². The first kappa shape index (κ1) is 40.7. The Hall–Kier alpha value is -1.75. The molecule has 1 saturated heterocycles. The minimum Gasteiger partial charge on any atom is -0.462 e. The van der Waals surface area contributed by atoms with E-state index < -0.39 is 22.0 Å². The highest BCUT2D eigenvalue weighted by Gasteiger charge is 2.48. The molecule has 1 fully saturated rings. The van der Waals surface area contributed by atoms with Gasteiger partial charge in [0.1, 0.15) is 12.2 Å². The molecule has 0 bridgehead atoms. The average Bonchev–Trinajstić information content (AvgIpc) is 2.94. The van der Waals surface area contributed by atoms with Gasteiger partial charge in [-0.05, 0) is 85.8 Å². The third-order valence-corrected chi connectivity index (χ3v) is 21.4. The van der Waals surface area contributed by atoms with Gasteiger partial charge in [-0.2, -0.15) is 0 Å². The summed E-state index contributed by atoms with van der Waals surface area (Å²) in [6.45, 7) is 34.8. The molecule has 0 aromatic carbocycles. The highest BCUT2D eigenvalue weighted by Crippen LogP contribution is 2.48. The van der Waals surface area contributed by atoms with Crippen LogP contribution in [-0.4, -0.2) is 53.0 Å². The Morgan fingerprint density at radius 1 is 0.958 bits per heavy atom. The van der Waals surface area contributed by atoms with Gasteiger partial charge in [0.2, 0.25) is 0 Å². The molecule has 272 valence electrons. The Balaban J connectivity index is 1.91. The minimum absolute atomic E-state index is 0.0359. The first-order chi connectivity index (χ1) is 22.1. The molecule has 3 rings (SSSR count). The predicted molar refractivity (Wildman–Crippen MR) is 203 cm³/mol. The Morgan fingerprint density at radius 3 is 2.08 bits per heavy atom. The highest BCUT2D eigenvalue weighted by molar-refractivity contribution is 6.74. The molecule has 48 heavy (non-hydrogen) atoms. The Kier molecular flexibility index (Phi) is 13.3. The second kappa shape index (κ2) is 15.6. The first-order valence-electron chi connectivity index (χ1n) is 18.5. The van der Waals surface area contributed by atoms with Crippen molar-refractivity contribution in [2.75, 3.05) is 0 Å². The fraction of sp³-hybridized carbons (Fsp3) is 0.750. The molecular weight excluding hydrogens is 633 g/mol. The molecule has 0 unspecified atom stereocenters. The average molecular weight is 701 g/mol. The molecular formula is C40H68O6Si2. The summed E-state index contributed by atoms with van der Waals surface area (Å²) >= 11 is 0. The third kappa shape index (κ3) is 9.52. The number of fused-ring (bicyclic) bond motifs is 1. The Morgan fingerprint density at radius 2 is 1.54 bits per heavy atom. The molecule has 0 aromatic rings. The second-order valence-electron chi connectivity index (χ2n) is 17.9. The van der Waals surface area contributed by atoms with E-state index in [9.17, 15) is 9.59 Å². The van der Waals surface area contributed by atoms with Gasteiger partial charge in [0, 0.05) is 18.8 Å². The summed E-state index contributed by atoms with van der Waals surface area (Å²) in [6.07, 6.45) is 14.8. The summed E-state index contributed by atoms with van der Waals surface area (Å²) in [4.78, 5) is 27.0. The van der Waals surface area contributed by atoms with E-state index in [0.29, 0.717) is 32.1 Å². The molecule has 8 heteroatoms. The lowest BCUT2D eigenvalue weighted by molar-refractivity contribution is -0.168. The van der Waals surface area contributed by atoms with Gasteiger partial charge in [-0.3, -0.25) is 9.59 Å². The topological polar surface area (TPSA) is 71.1 Å². The summed E-state index contributed by atoms with van der Waals surface area (Å²) in [5.74, 6) is 0.205. The van der Waals surface area contributed by atoms with E-state index in [1.165, 1.54) is 5.57 Å². The van der Waals surface area contributed by atoms with Crippen LogP contribution in [0.4, 0.5) is 0 Å².